The molecule has 0 aliphatic heterocycles. The van der Waals surface area contributed by atoms with Gasteiger partial charge in [0.05, 0.1) is 6.54 Å². The molecule has 1 aliphatic rings. The van der Waals surface area contributed by atoms with Crippen molar-refractivity contribution >= 4 is 5.78 Å². The Morgan fingerprint density at radius 1 is 1.00 bits per heavy atom. The van der Waals surface area contributed by atoms with Crippen molar-refractivity contribution in [2.24, 2.45) is 0 Å². The molecule has 2 aromatic rings. The first kappa shape index (κ1) is 13.4. The van der Waals surface area contributed by atoms with Crippen LogP contribution in [0.4, 0.5) is 0 Å². The van der Waals surface area contributed by atoms with E-state index in [1.165, 1.54) is 6.07 Å². The molecule has 21 heavy (non-hydrogen) atoms. The van der Waals surface area contributed by atoms with Gasteiger partial charge in [0.25, 0.3) is 5.56 Å². The number of hydrogen-bond donors (Lipinski definition) is 0. The second-order valence-corrected chi connectivity index (χ2v) is 5.06. The van der Waals surface area contributed by atoms with Crippen molar-refractivity contribution in [2.75, 3.05) is 0 Å². The molecule has 0 saturated heterocycles. The highest BCUT2D eigenvalue weighted by atomic mass is 16.1. The van der Waals surface area contributed by atoms with E-state index >= 15 is 0 Å². The standard InChI is InChI=1S/C18H15NO2/c20-17-10-4-9-16-15(17)11-12-18(21)19(16)13-5-8-14-6-2-1-3-7-14/h1-3,6-7,11-12H,4,9-10,13H2. The molecular formula is C18H15NO2. The van der Waals surface area contributed by atoms with Gasteiger partial charge in [0.15, 0.2) is 5.78 Å². The molecule has 0 bridgehead atoms. The first-order chi connectivity index (χ1) is 10.3. The van der Waals surface area contributed by atoms with E-state index in [2.05, 4.69) is 11.8 Å². The Morgan fingerprint density at radius 3 is 2.62 bits per heavy atom. The summed E-state index contributed by atoms with van der Waals surface area (Å²) in [6, 6.07) is 12.8. The van der Waals surface area contributed by atoms with Gasteiger partial charge in [-0.25, -0.2) is 0 Å². The Bertz CT molecular complexity index is 791. The van der Waals surface area contributed by atoms with E-state index in [-0.39, 0.29) is 11.3 Å². The lowest BCUT2D eigenvalue weighted by molar-refractivity contribution is 0.0970. The largest absolute Gasteiger partial charge is 0.300 e. The summed E-state index contributed by atoms with van der Waals surface area (Å²) in [7, 11) is 0. The van der Waals surface area contributed by atoms with Gasteiger partial charge in [0, 0.05) is 29.3 Å². The highest BCUT2D eigenvalue weighted by Gasteiger charge is 2.20. The van der Waals surface area contributed by atoms with Gasteiger partial charge < -0.3 is 4.57 Å². The van der Waals surface area contributed by atoms with Crippen molar-refractivity contribution in [2.45, 2.75) is 25.8 Å². The van der Waals surface area contributed by atoms with Crippen molar-refractivity contribution in [3.05, 3.63) is 69.6 Å². The Balaban J connectivity index is 1.93. The first-order valence-corrected chi connectivity index (χ1v) is 7.05. The van der Waals surface area contributed by atoms with Crippen LogP contribution in [0.15, 0.2) is 47.3 Å². The van der Waals surface area contributed by atoms with E-state index in [4.69, 9.17) is 0 Å². The fourth-order valence-electron chi connectivity index (χ4n) is 2.61. The average molecular weight is 277 g/mol. The van der Waals surface area contributed by atoms with E-state index < -0.39 is 0 Å². The zero-order valence-electron chi connectivity index (χ0n) is 11.6. The predicted molar refractivity (Wildman–Crippen MR) is 81.3 cm³/mol. The van der Waals surface area contributed by atoms with Crippen LogP contribution >= 0.6 is 0 Å². The lowest BCUT2D eigenvalue weighted by Gasteiger charge is -2.18. The molecule has 3 nitrogen and oxygen atoms in total. The lowest BCUT2D eigenvalue weighted by Crippen LogP contribution is -2.27. The summed E-state index contributed by atoms with van der Waals surface area (Å²) >= 11 is 0. The second kappa shape index (κ2) is 5.80. The zero-order chi connectivity index (χ0) is 14.7. The summed E-state index contributed by atoms with van der Waals surface area (Å²) in [6.07, 6.45) is 2.15. The van der Waals surface area contributed by atoms with Crippen LogP contribution in [0.3, 0.4) is 0 Å². The Kier molecular flexibility index (Phi) is 3.70. The van der Waals surface area contributed by atoms with E-state index in [0.717, 1.165) is 24.1 Å². The maximum atomic E-state index is 12.0. The topological polar surface area (TPSA) is 39.1 Å². The van der Waals surface area contributed by atoms with Gasteiger partial charge in [0.2, 0.25) is 0 Å². The number of aromatic nitrogens is 1. The third kappa shape index (κ3) is 2.80. The molecule has 3 rings (SSSR count). The van der Waals surface area contributed by atoms with Gasteiger partial charge in [-0.1, -0.05) is 30.0 Å². The zero-order valence-corrected chi connectivity index (χ0v) is 11.6. The van der Waals surface area contributed by atoms with E-state index in [1.807, 2.05) is 30.3 Å². The highest BCUT2D eigenvalue weighted by molar-refractivity contribution is 5.97. The van der Waals surface area contributed by atoms with Gasteiger partial charge in [-0.15, -0.1) is 0 Å². The third-order valence-electron chi connectivity index (χ3n) is 3.66. The maximum Gasteiger partial charge on any atom is 0.251 e. The number of nitrogens with zero attached hydrogens (tertiary/aromatic N) is 1. The Labute approximate surface area is 123 Å². The van der Waals surface area contributed by atoms with Gasteiger partial charge in [0.1, 0.15) is 0 Å². The minimum Gasteiger partial charge on any atom is -0.300 e. The molecule has 0 radical (unpaired) electrons. The maximum absolute atomic E-state index is 12.0. The molecule has 0 fully saturated rings. The minimum atomic E-state index is -0.0918. The van der Waals surface area contributed by atoms with Crippen LogP contribution in [-0.2, 0) is 13.0 Å². The van der Waals surface area contributed by atoms with Crippen molar-refractivity contribution in [3.8, 4) is 11.8 Å². The summed E-state index contributed by atoms with van der Waals surface area (Å²) in [5.74, 6) is 6.20. The monoisotopic (exact) mass is 277 g/mol. The number of Topliss-reactive ketones (excluding diaryl/α,β-unsaturated/α-hetero) is 1. The number of carbonyl (C=O) groups is 1. The number of fused-ring (bicyclic) bond motifs is 1. The van der Waals surface area contributed by atoms with Gasteiger partial charge in [-0.05, 0) is 31.0 Å². The summed E-state index contributed by atoms with van der Waals surface area (Å²) < 4.78 is 1.63. The quantitative estimate of drug-likeness (QED) is 0.751. The normalized spacial score (nSPS) is 13.2. The molecule has 1 aromatic heterocycles. The number of benzene rings is 1. The molecule has 0 saturated carbocycles. The number of hydrogen-bond acceptors (Lipinski definition) is 2. The minimum absolute atomic E-state index is 0.0918. The fraction of sp³-hybridized carbons (Fsp3) is 0.222. The number of ketones is 1. The Morgan fingerprint density at radius 2 is 1.81 bits per heavy atom. The summed E-state index contributed by atoms with van der Waals surface area (Å²) in [6.45, 7) is 0.324. The summed E-state index contributed by atoms with van der Waals surface area (Å²) in [5, 5.41) is 0. The van der Waals surface area contributed by atoms with E-state index in [1.54, 1.807) is 10.6 Å². The first-order valence-electron chi connectivity index (χ1n) is 7.05. The Hall–Kier alpha value is -2.60. The number of carbonyl (C=O) groups excluding carboxylic acids is 1. The molecule has 0 amide bonds. The van der Waals surface area contributed by atoms with Gasteiger partial charge >= 0.3 is 0 Å². The van der Waals surface area contributed by atoms with Crippen LogP contribution in [0, 0.1) is 11.8 Å². The molecule has 0 atom stereocenters. The molecule has 104 valence electrons. The molecule has 1 aliphatic carbocycles. The van der Waals surface area contributed by atoms with Gasteiger partial charge in [-0.2, -0.15) is 0 Å². The number of rotatable bonds is 1. The molecular weight excluding hydrogens is 262 g/mol. The van der Waals surface area contributed by atoms with Crippen LogP contribution < -0.4 is 5.56 Å². The molecule has 0 unspecified atom stereocenters. The number of pyridine rings is 1. The highest BCUT2D eigenvalue weighted by Crippen LogP contribution is 2.19. The predicted octanol–water partition coefficient (Wildman–Crippen LogP) is 2.42. The van der Waals surface area contributed by atoms with Crippen LogP contribution in [0.25, 0.3) is 0 Å². The van der Waals surface area contributed by atoms with Gasteiger partial charge in [-0.3, -0.25) is 9.59 Å². The summed E-state index contributed by atoms with van der Waals surface area (Å²) in [4.78, 5) is 23.9. The van der Waals surface area contributed by atoms with Crippen LogP contribution in [0.2, 0.25) is 0 Å². The molecule has 1 aromatic carbocycles. The lowest BCUT2D eigenvalue weighted by atomic mass is 9.94. The molecule has 0 N–H and O–H groups in total. The van der Waals surface area contributed by atoms with Crippen LogP contribution in [0.1, 0.15) is 34.5 Å². The summed E-state index contributed by atoms with van der Waals surface area (Å²) in [5.41, 5.74) is 2.35. The fourth-order valence-corrected chi connectivity index (χ4v) is 2.61. The van der Waals surface area contributed by atoms with E-state index in [0.29, 0.717) is 18.5 Å². The molecule has 1 heterocycles. The van der Waals surface area contributed by atoms with Crippen molar-refractivity contribution < 1.29 is 4.79 Å². The average Bonchev–Trinajstić information content (AvgIpc) is 2.51. The van der Waals surface area contributed by atoms with Crippen LogP contribution in [0.5, 0.6) is 0 Å². The SMILES string of the molecule is O=C1CCCc2c1ccc(=O)n2CC#Cc1ccccc1. The molecule has 0 spiro atoms. The van der Waals surface area contributed by atoms with Crippen LogP contribution in [-0.4, -0.2) is 10.4 Å². The third-order valence-corrected chi connectivity index (χ3v) is 3.66. The van der Waals surface area contributed by atoms with Crippen molar-refractivity contribution in [1.82, 2.24) is 4.57 Å². The smallest absolute Gasteiger partial charge is 0.251 e. The van der Waals surface area contributed by atoms with E-state index in [9.17, 15) is 9.59 Å². The molecule has 3 heteroatoms. The second-order valence-electron chi connectivity index (χ2n) is 5.06. The van der Waals surface area contributed by atoms with Crippen molar-refractivity contribution in [3.63, 3.8) is 0 Å². The van der Waals surface area contributed by atoms with Crippen molar-refractivity contribution in [1.29, 1.82) is 0 Å².